The number of halogens is 1. The van der Waals surface area contributed by atoms with Gasteiger partial charge in [0.05, 0.1) is 11.2 Å². The maximum atomic E-state index is 11.0. The van der Waals surface area contributed by atoms with Crippen LogP contribution in [-0.2, 0) is 22.2 Å². The molecular weight excluding hydrogens is 923 g/mol. The molecule has 4 aromatic carbocycles. The maximum Gasteiger partial charge on any atom is 0.505 e. The molecule has 1 fully saturated rings. The molecule has 0 radical (unpaired) electrons. The van der Waals surface area contributed by atoms with E-state index in [1.165, 1.54) is 77.7 Å². The topological polar surface area (TPSA) is 78.9 Å². The molecule has 0 N–H and O–H groups in total. The molecule has 10 heteroatoms. The van der Waals surface area contributed by atoms with Crippen molar-refractivity contribution >= 4 is 85.0 Å². The van der Waals surface area contributed by atoms with Crippen LogP contribution in [0.5, 0.6) is 0 Å². The predicted molar refractivity (Wildman–Crippen MR) is 281 cm³/mol. The zero-order chi connectivity index (χ0) is 46.7. The van der Waals surface area contributed by atoms with Crippen molar-refractivity contribution in [2.75, 3.05) is 0 Å². The number of furan rings is 2. The molecule has 1 aliphatic heterocycles. The van der Waals surface area contributed by atoms with Crippen LogP contribution < -0.4 is 4.78 Å². The molecule has 8 aromatic rings. The molecule has 66 heavy (non-hydrogen) atoms. The van der Waals surface area contributed by atoms with E-state index >= 15 is 0 Å². The van der Waals surface area contributed by atoms with Crippen molar-refractivity contribution in [2.45, 2.75) is 117 Å². The Labute approximate surface area is 407 Å². The predicted octanol–water partition coefficient (Wildman–Crippen LogP) is 16.6. The largest absolute Gasteiger partial charge is 0.505 e. The maximum absolute atomic E-state index is 11.0. The highest BCUT2D eigenvalue weighted by atomic mass is 79.9. The number of hydrogen-bond acceptors (Lipinski definition) is 8. The van der Waals surface area contributed by atoms with Gasteiger partial charge in [-0.3, -0.25) is 9.59 Å². The van der Waals surface area contributed by atoms with Crippen molar-refractivity contribution in [3.63, 3.8) is 0 Å². The standard InChI is InChI=1S/C25H24O2S.C16H27BO2S.C15H9BrO2/c1-2-3-4-5-6-20-13-14-28-25(20)21-11-9-19(10-12-21)24-16-22-8-7-18(17-26)15-23(22)27-24;1-6-7-8-9-10-13-11-12-20-14(13)17-18-15(2,3)16(4,5)19-17;16-13-5-3-11(4-6-13)15-8-12-2-1-10(9-17)7-14(12)18-15/h7-17H,2-6H2,1H3;11-12H,6-10H2,1-5H3;1-9H. The molecule has 4 aromatic heterocycles. The van der Waals surface area contributed by atoms with Gasteiger partial charge in [0.2, 0.25) is 0 Å². The Hall–Kier alpha value is -4.84. The van der Waals surface area contributed by atoms with Crippen LogP contribution in [0, 0.1) is 0 Å². The minimum absolute atomic E-state index is 0.193. The van der Waals surface area contributed by atoms with Crippen molar-refractivity contribution in [3.05, 3.63) is 147 Å². The van der Waals surface area contributed by atoms with Gasteiger partial charge in [-0.2, -0.15) is 11.3 Å². The summed E-state index contributed by atoms with van der Waals surface area (Å²) in [5, 5.41) is 6.37. The summed E-state index contributed by atoms with van der Waals surface area (Å²) < 4.78 is 26.4. The molecule has 9 rings (SSSR count). The lowest BCUT2D eigenvalue weighted by molar-refractivity contribution is 0.00578. The second kappa shape index (κ2) is 22.8. The fourth-order valence-electron chi connectivity index (χ4n) is 7.91. The lowest BCUT2D eigenvalue weighted by Crippen LogP contribution is -2.41. The Morgan fingerprint density at radius 3 is 1.53 bits per heavy atom. The van der Waals surface area contributed by atoms with Crippen molar-refractivity contribution in [3.8, 4) is 33.1 Å². The molecule has 6 nitrogen and oxygen atoms in total. The Morgan fingerprint density at radius 1 is 0.545 bits per heavy atom. The van der Waals surface area contributed by atoms with Gasteiger partial charge < -0.3 is 18.1 Å². The average Bonchev–Trinajstić information content (AvgIpc) is 4.17. The van der Waals surface area contributed by atoms with Crippen LogP contribution in [0.1, 0.15) is 125 Å². The normalized spacial score (nSPS) is 13.9. The third-order valence-electron chi connectivity index (χ3n) is 12.5. The molecule has 0 aliphatic carbocycles. The average molecular weight is 984 g/mol. The van der Waals surface area contributed by atoms with Crippen LogP contribution in [0.15, 0.2) is 133 Å². The highest BCUT2D eigenvalue weighted by Crippen LogP contribution is 2.38. The van der Waals surface area contributed by atoms with Gasteiger partial charge in [-0.25, -0.2) is 0 Å². The minimum Gasteiger partial charge on any atom is -0.456 e. The number of rotatable bonds is 16. The molecule has 342 valence electrons. The van der Waals surface area contributed by atoms with E-state index in [9.17, 15) is 9.59 Å². The first-order valence-corrected chi connectivity index (χ1v) is 25.8. The Balaban J connectivity index is 0.000000152. The Kier molecular flexibility index (Phi) is 16.9. The molecular formula is C56H60BBrO6S2. The first kappa shape index (κ1) is 49.1. The molecule has 0 atom stereocenters. The molecule has 0 unspecified atom stereocenters. The molecule has 0 saturated carbocycles. The number of aryl methyl sites for hydroxylation is 2. The van der Waals surface area contributed by atoms with E-state index in [0.717, 1.165) is 74.5 Å². The van der Waals surface area contributed by atoms with Crippen molar-refractivity contribution < 1.29 is 27.7 Å². The highest BCUT2D eigenvalue weighted by Gasteiger charge is 2.52. The number of aldehydes is 2. The summed E-state index contributed by atoms with van der Waals surface area (Å²) in [6.07, 6.45) is 14.3. The van der Waals surface area contributed by atoms with E-state index in [0.29, 0.717) is 11.1 Å². The SMILES string of the molecule is CCCCCCc1ccsc1-c1ccc(-c2cc3ccc(C=O)cc3o2)cc1.CCCCCCc1ccsc1B1OC(C)(C)C(C)(C)O1.O=Cc1ccc2cc(-c3ccc(Br)cc3)oc2c1. The summed E-state index contributed by atoms with van der Waals surface area (Å²) in [7, 11) is -0.193. The van der Waals surface area contributed by atoms with Gasteiger partial charge >= 0.3 is 7.12 Å². The minimum atomic E-state index is -0.249. The van der Waals surface area contributed by atoms with Gasteiger partial charge in [0.1, 0.15) is 35.3 Å². The summed E-state index contributed by atoms with van der Waals surface area (Å²) in [6.45, 7) is 13.0. The number of benzene rings is 4. The second-order valence-electron chi connectivity index (χ2n) is 17.9. The van der Waals surface area contributed by atoms with E-state index in [2.05, 4.69) is 105 Å². The van der Waals surface area contributed by atoms with Gasteiger partial charge in [-0.1, -0.05) is 129 Å². The van der Waals surface area contributed by atoms with Gasteiger partial charge in [-0.15, -0.1) is 11.3 Å². The number of unbranched alkanes of at least 4 members (excludes halogenated alkanes) is 6. The fraction of sp³-hybridized carbons (Fsp3) is 0.321. The van der Waals surface area contributed by atoms with E-state index in [-0.39, 0.29) is 18.3 Å². The van der Waals surface area contributed by atoms with Gasteiger partial charge in [-0.05, 0) is 129 Å². The summed E-state index contributed by atoms with van der Waals surface area (Å²) in [5.74, 6) is 1.64. The first-order chi connectivity index (χ1) is 31.9. The van der Waals surface area contributed by atoms with Crippen LogP contribution in [0.4, 0.5) is 0 Å². The zero-order valence-corrected chi connectivity index (χ0v) is 42.2. The number of thiophene rings is 2. The Morgan fingerprint density at radius 2 is 1.02 bits per heavy atom. The van der Waals surface area contributed by atoms with Crippen LogP contribution in [0.3, 0.4) is 0 Å². The van der Waals surface area contributed by atoms with Crippen LogP contribution in [0.25, 0.3) is 55.0 Å². The van der Waals surface area contributed by atoms with E-state index in [1.807, 2.05) is 65.9 Å². The zero-order valence-electron chi connectivity index (χ0n) is 39.0. The molecule has 1 aliphatic rings. The first-order valence-electron chi connectivity index (χ1n) is 23.2. The van der Waals surface area contributed by atoms with Gasteiger partial charge in [0, 0.05) is 47.2 Å². The molecule has 0 bridgehead atoms. The number of hydrogen-bond donors (Lipinski definition) is 0. The van der Waals surface area contributed by atoms with Crippen LogP contribution in [-0.4, -0.2) is 30.9 Å². The summed E-state index contributed by atoms with van der Waals surface area (Å²) in [4.78, 5) is 23.1. The molecule has 0 amide bonds. The smallest absolute Gasteiger partial charge is 0.456 e. The van der Waals surface area contributed by atoms with Crippen molar-refractivity contribution in [2.24, 2.45) is 0 Å². The third-order valence-corrected chi connectivity index (χ3v) is 15.0. The van der Waals surface area contributed by atoms with Crippen LogP contribution >= 0.6 is 38.6 Å². The number of carbonyl (C=O) groups is 2. The van der Waals surface area contributed by atoms with E-state index in [1.54, 1.807) is 29.5 Å². The quantitative estimate of drug-likeness (QED) is 0.0545. The molecule has 1 saturated heterocycles. The fourth-order valence-corrected chi connectivity index (χ4v) is 10.0. The third kappa shape index (κ3) is 12.2. The number of carbonyl (C=O) groups excluding carboxylic acids is 2. The van der Waals surface area contributed by atoms with E-state index < -0.39 is 0 Å². The summed E-state index contributed by atoms with van der Waals surface area (Å²) in [6, 6.07) is 36.0. The van der Waals surface area contributed by atoms with Crippen LogP contribution in [0.2, 0.25) is 0 Å². The van der Waals surface area contributed by atoms with Crippen molar-refractivity contribution in [1.82, 2.24) is 0 Å². The summed E-state index contributed by atoms with van der Waals surface area (Å²) in [5.41, 5.74) is 8.44. The summed E-state index contributed by atoms with van der Waals surface area (Å²) >= 11 is 6.98. The highest BCUT2D eigenvalue weighted by molar-refractivity contribution is 9.10. The van der Waals surface area contributed by atoms with Gasteiger partial charge in [0.15, 0.2) is 0 Å². The monoisotopic (exact) mass is 982 g/mol. The second-order valence-corrected chi connectivity index (χ2v) is 20.7. The van der Waals surface area contributed by atoms with E-state index in [4.69, 9.17) is 18.1 Å². The molecule has 5 heterocycles. The Bertz CT molecular complexity index is 2790. The molecule has 0 spiro atoms. The lowest BCUT2D eigenvalue weighted by atomic mass is 9.83. The van der Waals surface area contributed by atoms with Gasteiger partial charge in [0.25, 0.3) is 0 Å². The number of fused-ring (bicyclic) bond motifs is 2. The lowest BCUT2D eigenvalue weighted by Gasteiger charge is -2.32. The van der Waals surface area contributed by atoms with Crippen molar-refractivity contribution in [1.29, 1.82) is 0 Å².